The topological polar surface area (TPSA) is 82.3 Å². The first kappa shape index (κ1) is 22.7. The van der Waals surface area contributed by atoms with Crippen LogP contribution in [-0.4, -0.2) is 38.1 Å². The largest absolute Gasteiger partial charge is 0.392 e. The number of aromatic nitrogens is 2. The predicted molar refractivity (Wildman–Crippen MR) is 139 cm³/mol. The first-order chi connectivity index (χ1) is 17.6. The van der Waals surface area contributed by atoms with Crippen molar-refractivity contribution in [2.75, 3.05) is 0 Å². The van der Waals surface area contributed by atoms with E-state index in [9.17, 15) is 10.2 Å². The lowest BCUT2D eigenvalue weighted by Gasteiger charge is -2.61. The van der Waals surface area contributed by atoms with Crippen LogP contribution in [0.5, 0.6) is 0 Å². The lowest BCUT2D eigenvalue weighted by Crippen LogP contribution is -2.64. The average Bonchev–Trinajstić information content (AvgIpc) is 3.46. The van der Waals surface area contributed by atoms with Crippen LogP contribution in [0.2, 0.25) is 0 Å². The molecule has 4 aliphatic carbocycles. The van der Waals surface area contributed by atoms with Gasteiger partial charge in [0.25, 0.3) is 0 Å². The van der Waals surface area contributed by atoms with Crippen LogP contribution in [0.4, 0.5) is 0 Å². The second kappa shape index (κ2) is 8.80. The number of nitrogens with one attached hydrogen (secondary N) is 2. The van der Waals surface area contributed by atoms with Crippen LogP contribution in [0.1, 0.15) is 55.7 Å². The molecule has 2 aromatic carbocycles. The maximum absolute atomic E-state index is 11.8. The Labute approximate surface area is 212 Å². The standard InChI is InChI=1S/C30H36N4O2/c35-27(13-25-23-8-4-5-9-24(23)26-17-31-18-34(25)26)30-14-20-10-21(15-30)29(22(11-20)16-30)33-32-28(36)12-19-6-2-1-3-7-19/h1-9,17-18,20-22,25,27-29,32-33,35-36H,10-16H2. The third-order valence-corrected chi connectivity index (χ3v) is 9.76. The molecule has 5 unspecified atom stereocenters. The highest BCUT2D eigenvalue weighted by molar-refractivity contribution is 5.68. The lowest BCUT2D eigenvalue weighted by atomic mass is 9.46. The van der Waals surface area contributed by atoms with Crippen molar-refractivity contribution in [1.29, 1.82) is 0 Å². The van der Waals surface area contributed by atoms with Crippen molar-refractivity contribution in [3.8, 4) is 11.3 Å². The number of imidazole rings is 1. The van der Waals surface area contributed by atoms with Gasteiger partial charge in [-0.1, -0.05) is 54.6 Å². The molecule has 5 atom stereocenters. The zero-order valence-electron chi connectivity index (χ0n) is 20.6. The number of rotatable bonds is 8. The number of fused-ring (bicyclic) bond motifs is 3. The van der Waals surface area contributed by atoms with Gasteiger partial charge in [-0.05, 0) is 72.8 Å². The Morgan fingerprint density at radius 3 is 2.53 bits per heavy atom. The number of hydrogen-bond acceptors (Lipinski definition) is 5. The average molecular weight is 485 g/mol. The van der Waals surface area contributed by atoms with Crippen molar-refractivity contribution in [3.05, 3.63) is 78.2 Å². The summed E-state index contributed by atoms with van der Waals surface area (Å²) in [6.45, 7) is 0. The number of benzene rings is 2. The van der Waals surface area contributed by atoms with Gasteiger partial charge in [0, 0.05) is 18.0 Å². The summed E-state index contributed by atoms with van der Waals surface area (Å²) in [4.78, 5) is 4.41. The van der Waals surface area contributed by atoms with Crippen LogP contribution in [0.15, 0.2) is 67.1 Å². The van der Waals surface area contributed by atoms with E-state index >= 15 is 0 Å². The summed E-state index contributed by atoms with van der Waals surface area (Å²) in [7, 11) is 0. The third kappa shape index (κ3) is 3.74. The zero-order chi connectivity index (χ0) is 24.3. The van der Waals surface area contributed by atoms with Crippen LogP contribution >= 0.6 is 0 Å². The molecule has 0 radical (unpaired) electrons. The number of aliphatic hydroxyl groups excluding tert-OH is 2. The van der Waals surface area contributed by atoms with Crippen LogP contribution < -0.4 is 10.9 Å². The van der Waals surface area contributed by atoms with Gasteiger partial charge in [-0.25, -0.2) is 10.4 Å². The summed E-state index contributed by atoms with van der Waals surface area (Å²) in [6, 6.07) is 19.2. The van der Waals surface area contributed by atoms with Crippen LogP contribution in [0.3, 0.4) is 0 Å². The molecule has 4 N–H and O–H groups in total. The Kier molecular flexibility index (Phi) is 5.54. The first-order valence-corrected chi connectivity index (χ1v) is 13.6. The van der Waals surface area contributed by atoms with Crippen LogP contribution in [-0.2, 0) is 6.42 Å². The monoisotopic (exact) mass is 484 g/mol. The summed E-state index contributed by atoms with van der Waals surface area (Å²) >= 11 is 0. The van der Waals surface area contributed by atoms with Gasteiger partial charge in [0.2, 0.25) is 0 Å². The quantitative estimate of drug-likeness (QED) is 0.286. The van der Waals surface area contributed by atoms with Crippen molar-refractivity contribution in [3.63, 3.8) is 0 Å². The molecule has 8 rings (SSSR count). The molecule has 2 heterocycles. The second-order valence-electron chi connectivity index (χ2n) is 11.9. The fourth-order valence-corrected chi connectivity index (χ4v) is 8.45. The van der Waals surface area contributed by atoms with E-state index in [1.807, 2.05) is 30.7 Å². The maximum Gasteiger partial charge on any atom is 0.121 e. The highest BCUT2D eigenvalue weighted by Gasteiger charge is 2.58. The molecule has 1 aromatic heterocycles. The van der Waals surface area contributed by atoms with E-state index in [4.69, 9.17) is 0 Å². The van der Waals surface area contributed by atoms with Crippen molar-refractivity contribution in [2.45, 2.75) is 69.4 Å². The van der Waals surface area contributed by atoms with Gasteiger partial charge in [-0.2, -0.15) is 0 Å². The zero-order valence-corrected chi connectivity index (χ0v) is 20.6. The fourth-order valence-electron chi connectivity index (χ4n) is 8.45. The summed E-state index contributed by atoms with van der Waals surface area (Å²) in [6.07, 6.45) is 10.0. The summed E-state index contributed by atoms with van der Waals surface area (Å²) < 4.78 is 2.26. The number of hydrogen-bond donors (Lipinski definition) is 4. The van der Waals surface area contributed by atoms with E-state index in [1.165, 1.54) is 24.0 Å². The molecule has 188 valence electrons. The van der Waals surface area contributed by atoms with Gasteiger partial charge in [-0.15, -0.1) is 0 Å². The van der Waals surface area contributed by atoms with E-state index in [1.54, 1.807) is 0 Å². The van der Waals surface area contributed by atoms with Gasteiger partial charge >= 0.3 is 0 Å². The second-order valence-corrected chi connectivity index (χ2v) is 11.9. The Morgan fingerprint density at radius 1 is 0.972 bits per heavy atom. The van der Waals surface area contributed by atoms with E-state index in [0.717, 1.165) is 36.9 Å². The number of hydrazine groups is 1. The minimum Gasteiger partial charge on any atom is -0.392 e. The van der Waals surface area contributed by atoms with Crippen LogP contribution in [0, 0.1) is 23.2 Å². The summed E-state index contributed by atoms with van der Waals surface area (Å²) in [5, 5.41) is 22.4. The Bertz CT molecular complexity index is 1210. The molecule has 6 nitrogen and oxygen atoms in total. The van der Waals surface area contributed by atoms with E-state index in [-0.39, 0.29) is 17.6 Å². The van der Waals surface area contributed by atoms with Crippen molar-refractivity contribution in [1.82, 2.24) is 20.4 Å². The molecule has 4 saturated carbocycles. The third-order valence-electron chi connectivity index (χ3n) is 9.76. The van der Waals surface area contributed by atoms with Crippen molar-refractivity contribution < 1.29 is 10.2 Å². The smallest absolute Gasteiger partial charge is 0.121 e. The number of nitrogens with zero attached hydrogens (tertiary/aromatic N) is 2. The molecule has 5 aliphatic rings. The highest BCUT2D eigenvalue weighted by atomic mass is 16.3. The summed E-state index contributed by atoms with van der Waals surface area (Å²) in [5.41, 5.74) is 11.6. The van der Waals surface area contributed by atoms with E-state index < -0.39 is 6.23 Å². The molecule has 3 aromatic rings. The van der Waals surface area contributed by atoms with Gasteiger partial charge < -0.3 is 14.8 Å². The van der Waals surface area contributed by atoms with Crippen LogP contribution in [0.25, 0.3) is 11.3 Å². The molecule has 1 aliphatic heterocycles. The highest BCUT2D eigenvalue weighted by Crippen LogP contribution is 2.62. The van der Waals surface area contributed by atoms with Gasteiger partial charge in [0.15, 0.2) is 0 Å². The molecule has 0 spiro atoms. The van der Waals surface area contributed by atoms with E-state index in [2.05, 4.69) is 56.8 Å². The van der Waals surface area contributed by atoms with Gasteiger partial charge in [-0.3, -0.25) is 5.43 Å². The molecular formula is C30H36N4O2. The fraction of sp³-hybridized carbons (Fsp3) is 0.500. The minimum absolute atomic E-state index is 0.00954. The normalized spacial score (nSPS) is 33.3. The molecule has 0 amide bonds. The molecular weight excluding hydrogens is 448 g/mol. The number of aliphatic hydroxyl groups is 2. The van der Waals surface area contributed by atoms with Gasteiger partial charge in [0.1, 0.15) is 6.23 Å². The molecule has 36 heavy (non-hydrogen) atoms. The minimum atomic E-state index is -0.615. The van der Waals surface area contributed by atoms with Crippen molar-refractivity contribution >= 4 is 0 Å². The first-order valence-electron chi connectivity index (χ1n) is 13.6. The Hall–Kier alpha value is -2.51. The van der Waals surface area contributed by atoms with Crippen molar-refractivity contribution in [2.24, 2.45) is 23.2 Å². The van der Waals surface area contributed by atoms with Gasteiger partial charge in [0.05, 0.1) is 30.4 Å². The molecule has 0 saturated heterocycles. The maximum atomic E-state index is 11.8. The summed E-state index contributed by atoms with van der Waals surface area (Å²) in [5.74, 6) is 1.80. The SMILES string of the molecule is OC(Cc1ccccc1)NNC1C2CC3CC1CC(C(O)CC1c4ccccc4-c4cncn41)(C3)C2. The lowest BCUT2D eigenvalue weighted by molar-refractivity contribution is -0.141. The molecule has 4 bridgehead atoms. The Balaban J connectivity index is 1.04. The molecule has 6 heteroatoms. The predicted octanol–water partition coefficient (Wildman–Crippen LogP) is 4.05. The molecule has 4 fully saturated rings. The van der Waals surface area contributed by atoms with E-state index in [0.29, 0.717) is 30.2 Å². The Morgan fingerprint density at radius 2 is 1.72 bits per heavy atom.